The van der Waals surface area contributed by atoms with Crippen LogP contribution in [0.2, 0.25) is 0 Å². The minimum absolute atomic E-state index is 0.176. The molecule has 23 heavy (non-hydrogen) atoms. The molecule has 1 rings (SSSR count). The second-order valence-corrected chi connectivity index (χ2v) is 7.45. The first-order valence-electron chi connectivity index (χ1n) is 8.29. The van der Waals surface area contributed by atoms with Gasteiger partial charge in [0.05, 0.1) is 6.54 Å². The van der Waals surface area contributed by atoms with Gasteiger partial charge in [-0.15, -0.1) is 0 Å². The smallest absolute Gasteiger partial charge is 0.191 e. The van der Waals surface area contributed by atoms with E-state index in [1.54, 1.807) is 6.20 Å². The zero-order valence-corrected chi connectivity index (χ0v) is 15.7. The Morgan fingerprint density at radius 1 is 1.22 bits per heavy atom. The van der Waals surface area contributed by atoms with Crippen molar-refractivity contribution in [2.45, 2.75) is 38.4 Å². The topological polar surface area (TPSA) is 61.3 Å². The lowest BCUT2D eigenvalue weighted by Crippen LogP contribution is -2.39. The zero-order valence-electron chi connectivity index (χ0n) is 14.9. The van der Waals surface area contributed by atoms with Crippen molar-refractivity contribution in [1.29, 1.82) is 0 Å². The van der Waals surface area contributed by atoms with Crippen molar-refractivity contribution in [3.63, 3.8) is 0 Å². The van der Waals surface area contributed by atoms with Gasteiger partial charge in [-0.05, 0) is 52.0 Å². The maximum Gasteiger partial charge on any atom is 0.191 e. The van der Waals surface area contributed by atoms with Gasteiger partial charge in [-0.3, -0.25) is 4.99 Å². The molecule has 6 heteroatoms. The molecule has 1 aromatic rings. The number of guanidine groups is 1. The molecule has 0 amide bonds. The molecular weight excluding hydrogens is 306 g/mol. The SMILES string of the molecule is CCNC(=NCC(C)(C)SC)NCCCCNc1ccccn1. The highest BCUT2D eigenvalue weighted by Gasteiger charge is 2.15. The van der Waals surface area contributed by atoms with Crippen molar-refractivity contribution in [2.24, 2.45) is 4.99 Å². The van der Waals surface area contributed by atoms with Crippen molar-refractivity contribution in [1.82, 2.24) is 15.6 Å². The summed E-state index contributed by atoms with van der Waals surface area (Å²) in [5.74, 6) is 1.85. The van der Waals surface area contributed by atoms with Crippen LogP contribution in [0, 0.1) is 0 Å². The van der Waals surface area contributed by atoms with E-state index in [0.717, 1.165) is 50.8 Å². The van der Waals surface area contributed by atoms with Gasteiger partial charge in [-0.25, -0.2) is 4.98 Å². The maximum absolute atomic E-state index is 4.67. The molecule has 0 radical (unpaired) electrons. The quantitative estimate of drug-likeness (QED) is 0.348. The zero-order chi connectivity index (χ0) is 17.0. The van der Waals surface area contributed by atoms with E-state index in [9.17, 15) is 0 Å². The largest absolute Gasteiger partial charge is 0.370 e. The molecule has 130 valence electrons. The van der Waals surface area contributed by atoms with E-state index in [0.29, 0.717) is 0 Å². The molecule has 1 aromatic heterocycles. The number of nitrogens with one attached hydrogen (secondary N) is 3. The molecule has 3 N–H and O–H groups in total. The van der Waals surface area contributed by atoms with E-state index in [2.05, 4.69) is 53.0 Å². The number of nitrogens with zero attached hydrogens (tertiary/aromatic N) is 2. The third-order valence-corrected chi connectivity index (χ3v) is 4.62. The van der Waals surface area contributed by atoms with E-state index in [1.165, 1.54) is 0 Å². The first kappa shape index (κ1) is 19.6. The third-order valence-electron chi connectivity index (χ3n) is 3.38. The monoisotopic (exact) mass is 337 g/mol. The van der Waals surface area contributed by atoms with Gasteiger partial charge in [0.25, 0.3) is 0 Å². The van der Waals surface area contributed by atoms with Crippen LogP contribution < -0.4 is 16.0 Å². The molecule has 0 unspecified atom stereocenters. The van der Waals surface area contributed by atoms with Crippen LogP contribution in [0.5, 0.6) is 0 Å². The van der Waals surface area contributed by atoms with E-state index in [4.69, 9.17) is 0 Å². The summed E-state index contributed by atoms with van der Waals surface area (Å²) >= 11 is 1.84. The van der Waals surface area contributed by atoms with Gasteiger partial charge in [-0.2, -0.15) is 11.8 Å². The number of rotatable bonds is 10. The van der Waals surface area contributed by atoms with Crippen molar-refractivity contribution >= 4 is 23.5 Å². The van der Waals surface area contributed by atoms with Gasteiger partial charge in [0.2, 0.25) is 0 Å². The molecule has 1 heterocycles. The maximum atomic E-state index is 4.67. The summed E-state index contributed by atoms with van der Waals surface area (Å²) in [4.78, 5) is 8.92. The summed E-state index contributed by atoms with van der Waals surface area (Å²) in [6.45, 7) is 10.1. The van der Waals surface area contributed by atoms with Crippen LogP contribution >= 0.6 is 11.8 Å². The fourth-order valence-corrected chi connectivity index (χ4v) is 2.01. The Hall–Kier alpha value is -1.43. The van der Waals surface area contributed by atoms with Crippen LogP contribution in [0.25, 0.3) is 0 Å². The Kier molecular flexibility index (Phi) is 9.52. The third kappa shape index (κ3) is 9.33. The number of aliphatic imine (C=N–C) groups is 1. The molecule has 0 fully saturated rings. The minimum atomic E-state index is 0.176. The molecule has 0 aliphatic heterocycles. The number of unbranched alkanes of at least 4 members (excludes halogenated alkanes) is 1. The fraction of sp³-hybridized carbons (Fsp3) is 0.647. The van der Waals surface area contributed by atoms with Gasteiger partial charge in [0, 0.05) is 30.6 Å². The highest BCUT2D eigenvalue weighted by Crippen LogP contribution is 2.20. The van der Waals surface area contributed by atoms with E-state index in [1.807, 2.05) is 30.0 Å². The van der Waals surface area contributed by atoms with Crippen LogP contribution in [0.1, 0.15) is 33.6 Å². The summed E-state index contributed by atoms with van der Waals surface area (Å²) in [5.41, 5.74) is 0. The van der Waals surface area contributed by atoms with Gasteiger partial charge in [0.1, 0.15) is 5.82 Å². The normalized spacial score (nSPS) is 12.1. The molecule has 0 aliphatic carbocycles. The highest BCUT2D eigenvalue weighted by molar-refractivity contribution is 7.99. The van der Waals surface area contributed by atoms with Crippen molar-refractivity contribution in [3.05, 3.63) is 24.4 Å². The van der Waals surface area contributed by atoms with Gasteiger partial charge < -0.3 is 16.0 Å². The van der Waals surface area contributed by atoms with Gasteiger partial charge >= 0.3 is 0 Å². The molecule has 0 atom stereocenters. The molecule has 0 spiro atoms. The number of thioether (sulfide) groups is 1. The summed E-state index contributed by atoms with van der Waals surface area (Å²) in [5, 5.41) is 10.0. The predicted octanol–water partition coefficient (Wildman–Crippen LogP) is 2.97. The van der Waals surface area contributed by atoms with E-state index < -0.39 is 0 Å². The Balaban J connectivity index is 2.21. The second-order valence-electron chi connectivity index (χ2n) is 5.93. The number of pyridine rings is 1. The minimum Gasteiger partial charge on any atom is -0.370 e. The van der Waals surface area contributed by atoms with E-state index >= 15 is 0 Å². The first-order chi connectivity index (χ1) is 11.1. The average molecular weight is 338 g/mol. The molecular formula is C17H31N5S. The van der Waals surface area contributed by atoms with Gasteiger partial charge in [0.15, 0.2) is 5.96 Å². The average Bonchev–Trinajstić information content (AvgIpc) is 2.56. The van der Waals surface area contributed by atoms with Crippen molar-refractivity contribution in [2.75, 3.05) is 37.8 Å². The van der Waals surface area contributed by atoms with Crippen LogP contribution in [0.4, 0.5) is 5.82 Å². The Bertz CT molecular complexity index is 448. The lowest BCUT2D eigenvalue weighted by atomic mass is 10.2. The summed E-state index contributed by atoms with van der Waals surface area (Å²) < 4.78 is 0.176. The number of hydrogen-bond acceptors (Lipinski definition) is 4. The molecule has 5 nitrogen and oxygen atoms in total. The summed E-state index contributed by atoms with van der Waals surface area (Å²) in [7, 11) is 0. The number of aromatic nitrogens is 1. The molecule has 0 saturated carbocycles. The van der Waals surface area contributed by atoms with Crippen LogP contribution in [0.3, 0.4) is 0 Å². The lowest BCUT2D eigenvalue weighted by molar-refractivity contribution is 0.691. The Labute approximate surface area is 145 Å². The number of anilines is 1. The molecule has 0 bridgehead atoms. The van der Waals surface area contributed by atoms with Crippen molar-refractivity contribution < 1.29 is 0 Å². The summed E-state index contributed by atoms with van der Waals surface area (Å²) in [6, 6.07) is 5.91. The van der Waals surface area contributed by atoms with Crippen LogP contribution in [0.15, 0.2) is 29.4 Å². The standard InChI is InChI=1S/C17H31N5S/c1-5-18-16(22-14-17(2,3)23-4)21-13-9-8-12-20-15-10-6-7-11-19-15/h6-7,10-11H,5,8-9,12-14H2,1-4H3,(H,19,20)(H2,18,21,22). The van der Waals surface area contributed by atoms with E-state index in [-0.39, 0.29) is 4.75 Å². The Morgan fingerprint density at radius 3 is 2.65 bits per heavy atom. The first-order valence-corrected chi connectivity index (χ1v) is 9.52. The fourth-order valence-electron chi connectivity index (χ4n) is 1.82. The molecule has 0 aliphatic rings. The molecule has 0 saturated heterocycles. The predicted molar refractivity (Wildman–Crippen MR) is 104 cm³/mol. The van der Waals surface area contributed by atoms with Crippen LogP contribution in [-0.4, -0.2) is 48.1 Å². The second kappa shape index (κ2) is 11.2. The highest BCUT2D eigenvalue weighted by atomic mass is 32.2. The van der Waals surface area contributed by atoms with Crippen molar-refractivity contribution in [3.8, 4) is 0 Å². The van der Waals surface area contributed by atoms with Gasteiger partial charge in [-0.1, -0.05) is 6.07 Å². The summed E-state index contributed by atoms with van der Waals surface area (Å²) in [6.07, 6.45) is 6.12. The lowest BCUT2D eigenvalue weighted by Gasteiger charge is -2.20. The number of hydrogen-bond donors (Lipinski definition) is 3. The Morgan fingerprint density at radius 2 is 2.00 bits per heavy atom. The van der Waals surface area contributed by atoms with Crippen LogP contribution in [-0.2, 0) is 0 Å². The molecule has 0 aromatic carbocycles.